The van der Waals surface area contributed by atoms with E-state index in [2.05, 4.69) is 27.7 Å². The molecular formula is C14H30N2O. The van der Waals surface area contributed by atoms with Crippen LogP contribution in [0.2, 0.25) is 0 Å². The first-order valence-corrected chi connectivity index (χ1v) is 6.79. The topological polar surface area (TPSA) is 46.3 Å². The second-order valence-corrected chi connectivity index (χ2v) is 5.85. The molecule has 2 N–H and O–H groups in total. The molecule has 1 unspecified atom stereocenters. The van der Waals surface area contributed by atoms with Gasteiger partial charge in [0.05, 0.1) is 0 Å². The van der Waals surface area contributed by atoms with Gasteiger partial charge in [-0.2, -0.15) is 0 Å². The number of carbonyl (C=O) groups excluding carboxylic acids is 1. The maximum Gasteiger partial charge on any atom is 0.222 e. The molecule has 3 heteroatoms. The number of amides is 1. The maximum absolute atomic E-state index is 12.0. The number of nitrogens with two attached hydrogens (primary N) is 1. The fourth-order valence-electron chi connectivity index (χ4n) is 1.99. The van der Waals surface area contributed by atoms with Gasteiger partial charge >= 0.3 is 0 Å². The zero-order valence-electron chi connectivity index (χ0n) is 12.3. The molecule has 102 valence electrons. The number of hydrogen-bond donors (Lipinski definition) is 1. The van der Waals surface area contributed by atoms with Gasteiger partial charge in [-0.1, -0.05) is 27.2 Å². The largest absolute Gasteiger partial charge is 0.343 e. The van der Waals surface area contributed by atoms with Crippen LogP contribution in [-0.4, -0.2) is 30.4 Å². The Kier molecular flexibility index (Phi) is 7.44. The molecule has 0 saturated heterocycles. The summed E-state index contributed by atoms with van der Waals surface area (Å²) in [6.45, 7) is 9.33. The summed E-state index contributed by atoms with van der Waals surface area (Å²) in [7, 11) is 1.92. The predicted octanol–water partition coefficient (Wildman–Crippen LogP) is 2.79. The van der Waals surface area contributed by atoms with Crippen molar-refractivity contribution < 1.29 is 4.79 Å². The van der Waals surface area contributed by atoms with E-state index in [-0.39, 0.29) is 11.3 Å². The predicted molar refractivity (Wildman–Crippen MR) is 73.8 cm³/mol. The van der Waals surface area contributed by atoms with Gasteiger partial charge in [0, 0.05) is 19.5 Å². The highest BCUT2D eigenvalue weighted by Gasteiger charge is 2.21. The molecule has 1 atom stereocenters. The maximum atomic E-state index is 12.0. The first kappa shape index (κ1) is 16.4. The van der Waals surface area contributed by atoms with Gasteiger partial charge in [0.2, 0.25) is 5.91 Å². The minimum absolute atomic E-state index is 0.180. The Labute approximate surface area is 107 Å². The van der Waals surface area contributed by atoms with Crippen molar-refractivity contribution in [2.24, 2.45) is 11.1 Å². The lowest BCUT2D eigenvalue weighted by Gasteiger charge is -2.28. The highest BCUT2D eigenvalue weighted by Crippen LogP contribution is 2.26. The summed E-state index contributed by atoms with van der Waals surface area (Å²) in [6, 6.07) is 0.352. The molecule has 0 aromatic rings. The molecule has 3 nitrogen and oxygen atoms in total. The molecule has 0 aliphatic rings. The number of nitrogens with zero attached hydrogens (tertiary/aromatic N) is 1. The summed E-state index contributed by atoms with van der Waals surface area (Å²) in [5.41, 5.74) is 5.75. The SMILES string of the molecule is CCCC(C)N(C)C(=O)CCC(C)(C)CCN. The normalized spacial score (nSPS) is 13.5. The van der Waals surface area contributed by atoms with Gasteiger partial charge in [-0.05, 0) is 38.1 Å². The van der Waals surface area contributed by atoms with Gasteiger partial charge in [-0.3, -0.25) is 4.79 Å². The van der Waals surface area contributed by atoms with Crippen molar-refractivity contribution in [1.29, 1.82) is 0 Å². The Morgan fingerprint density at radius 2 is 1.94 bits per heavy atom. The van der Waals surface area contributed by atoms with Gasteiger partial charge in [0.25, 0.3) is 0 Å². The van der Waals surface area contributed by atoms with Crippen molar-refractivity contribution in [2.75, 3.05) is 13.6 Å². The Morgan fingerprint density at radius 1 is 1.35 bits per heavy atom. The number of rotatable bonds is 8. The van der Waals surface area contributed by atoms with Crippen LogP contribution < -0.4 is 5.73 Å². The Bertz CT molecular complexity index is 226. The van der Waals surface area contributed by atoms with E-state index in [1.54, 1.807) is 0 Å². The third-order valence-corrected chi connectivity index (χ3v) is 3.60. The molecule has 0 saturated carbocycles. The van der Waals surface area contributed by atoms with E-state index in [0.717, 1.165) is 25.7 Å². The van der Waals surface area contributed by atoms with E-state index in [4.69, 9.17) is 5.73 Å². The summed E-state index contributed by atoms with van der Waals surface area (Å²) in [6.07, 6.45) is 4.74. The molecule has 0 aromatic heterocycles. The van der Waals surface area contributed by atoms with Crippen LogP contribution >= 0.6 is 0 Å². The fourth-order valence-corrected chi connectivity index (χ4v) is 1.99. The molecule has 0 heterocycles. The second kappa shape index (κ2) is 7.70. The Morgan fingerprint density at radius 3 is 2.41 bits per heavy atom. The van der Waals surface area contributed by atoms with Crippen molar-refractivity contribution >= 4 is 5.91 Å². The molecular weight excluding hydrogens is 212 g/mol. The smallest absolute Gasteiger partial charge is 0.222 e. The average Bonchev–Trinajstić information content (AvgIpc) is 2.25. The van der Waals surface area contributed by atoms with Crippen LogP contribution in [0.15, 0.2) is 0 Å². The molecule has 0 spiro atoms. The second-order valence-electron chi connectivity index (χ2n) is 5.85. The Balaban J connectivity index is 4.08. The van der Waals surface area contributed by atoms with Crippen LogP contribution in [0.5, 0.6) is 0 Å². The third-order valence-electron chi connectivity index (χ3n) is 3.60. The van der Waals surface area contributed by atoms with Crippen molar-refractivity contribution in [1.82, 2.24) is 4.90 Å². The monoisotopic (exact) mass is 242 g/mol. The standard InChI is InChI=1S/C14H30N2O/c1-6-7-12(2)16(5)13(17)8-9-14(3,4)10-11-15/h12H,6-11,15H2,1-5H3. The molecule has 0 radical (unpaired) electrons. The van der Waals surface area contributed by atoms with Crippen LogP contribution in [0.4, 0.5) is 0 Å². The van der Waals surface area contributed by atoms with E-state index in [1.807, 2.05) is 11.9 Å². The van der Waals surface area contributed by atoms with Gasteiger partial charge in [-0.25, -0.2) is 0 Å². The van der Waals surface area contributed by atoms with Gasteiger partial charge in [0.1, 0.15) is 0 Å². The van der Waals surface area contributed by atoms with E-state index >= 15 is 0 Å². The molecule has 0 aliphatic carbocycles. The molecule has 0 aliphatic heterocycles. The van der Waals surface area contributed by atoms with Crippen LogP contribution in [0.3, 0.4) is 0 Å². The van der Waals surface area contributed by atoms with Crippen LogP contribution in [0, 0.1) is 5.41 Å². The van der Waals surface area contributed by atoms with E-state index in [9.17, 15) is 4.79 Å². The number of carbonyl (C=O) groups is 1. The molecule has 17 heavy (non-hydrogen) atoms. The zero-order valence-corrected chi connectivity index (χ0v) is 12.3. The first-order valence-electron chi connectivity index (χ1n) is 6.79. The van der Waals surface area contributed by atoms with Crippen molar-refractivity contribution in [2.45, 2.75) is 65.8 Å². The summed E-state index contributed by atoms with van der Waals surface area (Å²) >= 11 is 0. The molecule has 0 rings (SSSR count). The highest BCUT2D eigenvalue weighted by atomic mass is 16.2. The quantitative estimate of drug-likeness (QED) is 0.711. The Hall–Kier alpha value is -0.570. The number of hydrogen-bond acceptors (Lipinski definition) is 2. The highest BCUT2D eigenvalue weighted by molar-refractivity contribution is 5.76. The summed E-state index contributed by atoms with van der Waals surface area (Å²) in [4.78, 5) is 13.9. The lowest BCUT2D eigenvalue weighted by atomic mass is 9.84. The summed E-state index contributed by atoms with van der Waals surface area (Å²) < 4.78 is 0. The first-order chi connectivity index (χ1) is 7.84. The lowest BCUT2D eigenvalue weighted by molar-refractivity contribution is -0.132. The molecule has 0 bridgehead atoms. The average molecular weight is 242 g/mol. The summed E-state index contributed by atoms with van der Waals surface area (Å²) in [5.74, 6) is 0.260. The van der Waals surface area contributed by atoms with E-state index < -0.39 is 0 Å². The van der Waals surface area contributed by atoms with Crippen molar-refractivity contribution in [3.63, 3.8) is 0 Å². The van der Waals surface area contributed by atoms with Gasteiger partial charge in [-0.15, -0.1) is 0 Å². The van der Waals surface area contributed by atoms with Gasteiger partial charge in [0.15, 0.2) is 0 Å². The minimum atomic E-state index is 0.180. The van der Waals surface area contributed by atoms with Crippen molar-refractivity contribution in [3.05, 3.63) is 0 Å². The molecule has 1 amide bonds. The van der Waals surface area contributed by atoms with Crippen LogP contribution in [0.1, 0.15) is 59.8 Å². The fraction of sp³-hybridized carbons (Fsp3) is 0.929. The lowest BCUT2D eigenvalue weighted by Crippen LogP contribution is -2.35. The third kappa shape index (κ3) is 6.67. The summed E-state index contributed by atoms with van der Waals surface area (Å²) in [5, 5.41) is 0. The minimum Gasteiger partial charge on any atom is -0.343 e. The van der Waals surface area contributed by atoms with E-state index in [0.29, 0.717) is 19.0 Å². The van der Waals surface area contributed by atoms with Gasteiger partial charge < -0.3 is 10.6 Å². The van der Waals surface area contributed by atoms with Crippen LogP contribution in [-0.2, 0) is 4.79 Å². The van der Waals surface area contributed by atoms with E-state index in [1.165, 1.54) is 0 Å². The molecule has 0 fully saturated rings. The van der Waals surface area contributed by atoms with Crippen molar-refractivity contribution in [3.8, 4) is 0 Å². The molecule has 0 aromatic carbocycles. The van der Waals surface area contributed by atoms with Crippen LogP contribution in [0.25, 0.3) is 0 Å². The zero-order chi connectivity index (χ0) is 13.5.